The molecular formula is C21H30N4O3S. The maximum Gasteiger partial charge on any atom is 0.274 e. The van der Waals surface area contributed by atoms with Crippen molar-refractivity contribution in [1.82, 2.24) is 19.8 Å². The van der Waals surface area contributed by atoms with Gasteiger partial charge >= 0.3 is 0 Å². The molecule has 0 radical (unpaired) electrons. The van der Waals surface area contributed by atoms with Crippen molar-refractivity contribution in [3.05, 3.63) is 53.3 Å². The number of benzene rings is 1. The van der Waals surface area contributed by atoms with Crippen LogP contribution in [0.5, 0.6) is 0 Å². The van der Waals surface area contributed by atoms with Crippen molar-refractivity contribution in [3.63, 3.8) is 0 Å². The minimum Gasteiger partial charge on any atom is -0.337 e. The van der Waals surface area contributed by atoms with E-state index in [9.17, 15) is 13.2 Å². The molecule has 29 heavy (non-hydrogen) atoms. The summed E-state index contributed by atoms with van der Waals surface area (Å²) < 4.78 is 27.4. The van der Waals surface area contributed by atoms with E-state index >= 15 is 0 Å². The molecule has 7 nitrogen and oxygen atoms in total. The highest BCUT2D eigenvalue weighted by Crippen LogP contribution is 2.19. The van der Waals surface area contributed by atoms with Crippen LogP contribution in [0.4, 0.5) is 0 Å². The van der Waals surface area contributed by atoms with Gasteiger partial charge in [0, 0.05) is 25.3 Å². The monoisotopic (exact) mass is 418 g/mol. The largest absolute Gasteiger partial charge is 0.337 e. The van der Waals surface area contributed by atoms with Gasteiger partial charge in [0.1, 0.15) is 5.69 Å². The van der Waals surface area contributed by atoms with E-state index in [4.69, 9.17) is 0 Å². The quantitative estimate of drug-likeness (QED) is 0.689. The Labute approximate surface area is 172 Å². The fraction of sp³-hybridized carbons (Fsp3) is 0.524. The molecule has 0 spiro atoms. The van der Waals surface area contributed by atoms with Gasteiger partial charge in [0.25, 0.3) is 5.91 Å². The molecule has 1 fully saturated rings. The fourth-order valence-corrected chi connectivity index (χ4v) is 4.91. The third kappa shape index (κ3) is 6.40. The number of aromatic nitrogens is 2. The number of piperidine rings is 1. The van der Waals surface area contributed by atoms with Crippen LogP contribution in [0.15, 0.2) is 36.4 Å². The van der Waals surface area contributed by atoms with Crippen molar-refractivity contribution in [2.75, 3.05) is 19.6 Å². The molecule has 1 saturated heterocycles. The Kier molecular flexibility index (Phi) is 7.08. The second kappa shape index (κ2) is 9.54. The van der Waals surface area contributed by atoms with Crippen molar-refractivity contribution in [3.8, 4) is 0 Å². The van der Waals surface area contributed by atoms with E-state index in [0.29, 0.717) is 31.2 Å². The van der Waals surface area contributed by atoms with Crippen LogP contribution >= 0.6 is 0 Å². The molecular weight excluding hydrogens is 388 g/mol. The van der Waals surface area contributed by atoms with Crippen LogP contribution in [0.3, 0.4) is 0 Å². The minimum atomic E-state index is -3.40. The highest BCUT2D eigenvalue weighted by Gasteiger charge is 2.27. The van der Waals surface area contributed by atoms with Gasteiger partial charge in [-0.15, -0.1) is 0 Å². The first-order chi connectivity index (χ1) is 13.8. The van der Waals surface area contributed by atoms with Crippen LogP contribution in [0.1, 0.15) is 48.4 Å². The highest BCUT2D eigenvalue weighted by atomic mass is 32.2. The zero-order valence-corrected chi connectivity index (χ0v) is 17.9. The number of hydrogen-bond donors (Lipinski definition) is 2. The van der Waals surface area contributed by atoms with Crippen molar-refractivity contribution in [2.45, 2.75) is 38.9 Å². The maximum absolute atomic E-state index is 12.8. The summed E-state index contributed by atoms with van der Waals surface area (Å²) >= 11 is 0. The third-order valence-corrected chi connectivity index (χ3v) is 6.40. The van der Waals surface area contributed by atoms with Gasteiger partial charge in [0.2, 0.25) is 10.0 Å². The van der Waals surface area contributed by atoms with Gasteiger partial charge in [-0.25, -0.2) is 13.1 Å². The van der Waals surface area contributed by atoms with E-state index in [0.717, 1.165) is 30.5 Å². The van der Waals surface area contributed by atoms with Crippen LogP contribution in [0.25, 0.3) is 0 Å². The molecule has 1 aliphatic heterocycles. The number of likely N-dealkylation sites (tertiary alicyclic amines) is 1. The first kappa shape index (κ1) is 21.5. The number of carbonyl (C=O) groups excluding carboxylic acids is 1. The van der Waals surface area contributed by atoms with Crippen molar-refractivity contribution < 1.29 is 13.2 Å². The van der Waals surface area contributed by atoms with Gasteiger partial charge in [-0.1, -0.05) is 44.2 Å². The van der Waals surface area contributed by atoms with Crippen molar-refractivity contribution in [1.29, 1.82) is 0 Å². The van der Waals surface area contributed by atoms with E-state index in [1.165, 1.54) is 0 Å². The number of hydrogen-bond acceptors (Lipinski definition) is 4. The number of rotatable bonds is 8. The summed E-state index contributed by atoms with van der Waals surface area (Å²) in [6, 6.07) is 11.0. The number of carbonyl (C=O) groups is 1. The topological polar surface area (TPSA) is 95.2 Å². The van der Waals surface area contributed by atoms with Gasteiger partial charge < -0.3 is 4.90 Å². The summed E-state index contributed by atoms with van der Waals surface area (Å²) in [6.45, 7) is 5.81. The summed E-state index contributed by atoms with van der Waals surface area (Å²) in [5.41, 5.74) is 2.16. The highest BCUT2D eigenvalue weighted by molar-refractivity contribution is 7.88. The van der Waals surface area contributed by atoms with E-state index in [1.54, 1.807) is 17.0 Å². The number of sulfonamides is 1. The molecule has 0 saturated carbocycles. The van der Waals surface area contributed by atoms with Crippen LogP contribution in [0, 0.1) is 11.8 Å². The molecule has 0 bridgehead atoms. The minimum absolute atomic E-state index is 0.0326. The maximum atomic E-state index is 12.8. The zero-order valence-electron chi connectivity index (χ0n) is 17.1. The normalized spacial score (nSPS) is 17.6. The Bertz CT molecular complexity index is 909. The molecule has 2 N–H and O–H groups in total. The average molecular weight is 419 g/mol. The van der Waals surface area contributed by atoms with Crippen molar-refractivity contribution >= 4 is 15.9 Å². The molecule has 1 aliphatic rings. The summed E-state index contributed by atoms with van der Waals surface area (Å²) in [4.78, 5) is 14.6. The molecule has 2 heterocycles. The molecule has 3 rings (SSSR count). The van der Waals surface area contributed by atoms with E-state index in [2.05, 4.69) is 28.8 Å². The lowest BCUT2D eigenvalue weighted by Gasteiger charge is -2.32. The Morgan fingerprint density at radius 2 is 2.07 bits per heavy atom. The lowest BCUT2D eigenvalue weighted by molar-refractivity contribution is 0.0670. The van der Waals surface area contributed by atoms with Gasteiger partial charge in [0.05, 0.1) is 5.75 Å². The lowest BCUT2D eigenvalue weighted by atomic mass is 9.98. The number of nitrogens with zero attached hydrogens (tertiary/aromatic N) is 2. The predicted octanol–water partition coefficient (Wildman–Crippen LogP) is 2.58. The number of aromatic amines is 1. The van der Waals surface area contributed by atoms with E-state index in [1.807, 2.05) is 24.3 Å². The first-order valence-corrected chi connectivity index (χ1v) is 11.8. The van der Waals surface area contributed by atoms with Gasteiger partial charge in [-0.05, 0) is 42.7 Å². The van der Waals surface area contributed by atoms with Crippen molar-refractivity contribution in [2.24, 2.45) is 11.8 Å². The van der Waals surface area contributed by atoms with Gasteiger partial charge in [-0.2, -0.15) is 5.10 Å². The molecule has 1 amide bonds. The Balaban J connectivity index is 1.53. The van der Waals surface area contributed by atoms with Gasteiger partial charge in [0.15, 0.2) is 0 Å². The van der Waals surface area contributed by atoms with Crippen LogP contribution in [-0.2, 0) is 22.2 Å². The molecule has 0 aliphatic carbocycles. The second-order valence-electron chi connectivity index (χ2n) is 8.23. The fourth-order valence-electron chi connectivity index (χ4n) is 3.68. The second-order valence-corrected chi connectivity index (χ2v) is 10.0. The Hall–Kier alpha value is -2.19. The summed E-state index contributed by atoms with van der Waals surface area (Å²) in [5, 5.41) is 7.12. The summed E-state index contributed by atoms with van der Waals surface area (Å²) in [5.74, 6) is 0.469. The molecule has 1 atom stereocenters. The standard InChI is InChI=1S/C21H30N4O3S/c1-16(2)11-19-12-20(24-23-19)21(26)25-10-6-9-18(14-25)13-22-29(27,28)15-17-7-4-3-5-8-17/h3-5,7-8,12,16,18,22H,6,9-11,13-15H2,1-2H3,(H,23,24). The zero-order chi connectivity index (χ0) is 20.9. The Morgan fingerprint density at radius 1 is 1.31 bits per heavy atom. The molecule has 2 aromatic rings. The van der Waals surface area contributed by atoms with E-state index in [-0.39, 0.29) is 17.6 Å². The molecule has 158 valence electrons. The number of nitrogens with one attached hydrogen (secondary N) is 2. The smallest absolute Gasteiger partial charge is 0.274 e. The summed E-state index contributed by atoms with van der Waals surface area (Å²) in [6.07, 6.45) is 2.61. The molecule has 1 aromatic heterocycles. The van der Waals surface area contributed by atoms with Crippen LogP contribution < -0.4 is 4.72 Å². The summed E-state index contributed by atoms with van der Waals surface area (Å²) in [7, 11) is -3.40. The third-order valence-electron chi connectivity index (χ3n) is 5.08. The van der Waals surface area contributed by atoms with Crippen LogP contribution in [0.2, 0.25) is 0 Å². The molecule has 8 heteroatoms. The predicted molar refractivity (Wildman–Crippen MR) is 113 cm³/mol. The number of amides is 1. The number of H-pyrrole nitrogens is 1. The van der Waals surface area contributed by atoms with Gasteiger partial charge in [-0.3, -0.25) is 9.89 Å². The average Bonchev–Trinajstić information content (AvgIpc) is 3.14. The Morgan fingerprint density at radius 3 is 2.79 bits per heavy atom. The first-order valence-electron chi connectivity index (χ1n) is 10.2. The van der Waals surface area contributed by atoms with Crippen LogP contribution in [-0.4, -0.2) is 49.1 Å². The molecule has 1 unspecified atom stereocenters. The molecule has 1 aromatic carbocycles. The lowest BCUT2D eigenvalue weighted by Crippen LogP contribution is -2.44. The SMILES string of the molecule is CC(C)Cc1cc(C(=O)N2CCCC(CNS(=O)(=O)Cc3ccccc3)C2)n[nH]1. The van der Waals surface area contributed by atoms with E-state index < -0.39 is 10.0 Å².